The van der Waals surface area contributed by atoms with Gasteiger partial charge in [0.05, 0.1) is 12.5 Å². The molecule has 0 amide bonds. The third-order valence-corrected chi connectivity index (χ3v) is 4.43. The van der Waals surface area contributed by atoms with Gasteiger partial charge in [0.25, 0.3) is 0 Å². The van der Waals surface area contributed by atoms with E-state index in [1.54, 1.807) is 41.3 Å². The molecular weight excluding hydrogens is 228 g/mol. The maximum absolute atomic E-state index is 10.1. The quantitative estimate of drug-likeness (QED) is 0.737. The van der Waals surface area contributed by atoms with E-state index in [0.717, 1.165) is 10.4 Å². The molecule has 1 unspecified atom stereocenters. The first-order chi connectivity index (χ1) is 7.34. The smallest absolute Gasteiger partial charge is 0.116 e. The molecular formula is C11H8O2S2. The molecule has 0 saturated heterocycles. The van der Waals surface area contributed by atoms with Crippen LogP contribution in [0.3, 0.4) is 0 Å². The number of hydrogen-bond acceptors (Lipinski definition) is 4. The molecule has 0 radical (unpaired) electrons. The summed E-state index contributed by atoms with van der Waals surface area (Å²) in [6.45, 7) is 0. The van der Waals surface area contributed by atoms with E-state index in [1.165, 1.54) is 9.40 Å². The van der Waals surface area contributed by atoms with Crippen molar-refractivity contribution in [1.82, 2.24) is 0 Å². The lowest BCUT2D eigenvalue weighted by Crippen LogP contribution is -1.93. The van der Waals surface area contributed by atoms with Crippen LogP contribution in [0.4, 0.5) is 0 Å². The second-order valence-corrected chi connectivity index (χ2v) is 5.32. The summed E-state index contributed by atoms with van der Waals surface area (Å²) in [7, 11) is 0. The van der Waals surface area contributed by atoms with E-state index in [2.05, 4.69) is 11.4 Å². The molecule has 0 aromatic carbocycles. The van der Waals surface area contributed by atoms with Gasteiger partial charge in [-0.2, -0.15) is 0 Å². The van der Waals surface area contributed by atoms with Crippen molar-refractivity contribution in [2.75, 3.05) is 0 Å². The Bertz CT molecular complexity index is 534. The monoisotopic (exact) mass is 236 g/mol. The van der Waals surface area contributed by atoms with E-state index < -0.39 is 6.10 Å². The molecule has 3 aromatic rings. The first-order valence-corrected chi connectivity index (χ1v) is 6.21. The molecule has 1 N–H and O–H groups in total. The number of aliphatic hydroxyl groups is 1. The molecule has 3 aromatic heterocycles. The Balaban J connectivity index is 2.03. The largest absolute Gasteiger partial charge is 0.472 e. The molecule has 3 rings (SSSR count). The Labute approximate surface area is 94.4 Å². The predicted molar refractivity (Wildman–Crippen MR) is 62.5 cm³/mol. The first-order valence-electron chi connectivity index (χ1n) is 4.52. The number of aliphatic hydroxyl groups excluding tert-OH is 1. The van der Waals surface area contributed by atoms with Crippen LogP contribution in [0.1, 0.15) is 16.5 Å². The Morgan fingerprint density at radius 3 is 2.93 bits per heavy atom. The molecule has 76 valence electrons. The first kappa shape index (κ1) is 9.15. The fourth-order valence-electron chi connectivity index (χ4n) is 1.51. The molecule has 1 atom stereocenters. The van der Waals surface area contributed by atoms with Crippen LogP contribution < -0.4 is 0 Å². The topological polar surface area (TPSA) is 33.4 Å². The number of fused-ring (bicyclic) bond motifs is 1. The van der Waals surface area contributed by atoms with Gasteiger partial charge in [-0.05, 0) is 23.6 Å². The molecule has 0 saturated carbocycles. The second-order valence-electron chi connectivity index (χ2n) is 3.26. The van der Waals surface area contributed by atoms with E-state index >= 15 is 0 Å². The van der Waals surface area contributed by atoms with Crippen molar-refractivity contribution in [2.24, 2.45) is 0 Å². The second kappa shape index (κ2) is 3.48. The SMILES string of the molecule is OC(c1ccoc1)c1cc2sccc2s1. The number of rotatable bonds is 2. The molecule has 4 heteroatoms. The molecule has 3 heterocycles. The average Bonchev–Trinajstić information content (AvgIpc) is 2.92. The Kier molecular flexibility index (Phi) is 2.12. The van der Waals surface area contributed by atoms with E-state index in [-0.39, 0.29) is 0 Å². The van der Waals surface area contributed by atoms with Gasteiger partial charge in [0.1, 0.15) is 6.10 Å². The molecule has 15 heavy (non-hydrogen) atoms. The summed E-state index contributed by atoms with van der Waals surface area (Å²) in [5, 5.41) is 12.1. The van der Waals surface area contributed by atoms with Crippen LogP contribution in [0.15, 0.2) is 40.5 Å². The normalized spacial score (nSPS) is 13.4. The third-order valence-electron chi connectivity index (χ3n) is 2.29. The minimum absolute atomic E-state index is 0.562. The van der Waals surface area contributed by atoms with Crippen LogP contribution >= 0.6 is 22.7 Å². The summed E-state index contributed by atoms with van der Waals surface area (Å²) in [5.74, 6) is 0. The van der Waals surface area contributed by atoms with Gasteiger partial charge in [-0.1, -0.05) is 0 Å². The van der Waals surface area contributed by atoms with E-state index in [4.69, 9.17) is 4.42 Å². The van der Waals surface area contributed by atoms with Gasteiger partial charge >= 0.3 is 0 Å². The van der Waals surface area contributed by atoms with Crippen LogP contribution in [0, 0.1) is 0 Å². The van der Waals surface area contributed by atoms with Crippen molar-refractivity contribution in [2.45, 2.75) is 6.10 Å². The lowest BCUT2D eigenvalue weighted by atomic mass is 10.2. The summed E-state index contributed by atoms with van der Waals surface area (Å²) in [6.07, 6.45) is 2.60. The molecule has 0 spiro atoms. The lowest BCUT2D eigenvalue weighted by Gasteiger charge is -2.03. The van der Waals surface area contributed by atoms with E-state index in [9.17, 15) is 5.11 Å². The van der Waals surface area contributed by atoms with Crippen LogP contribution in [0.5, 0.6) is 0 Å². The zero-order chi connectivity index (χ0) is 10.3. The highest BCUT2D eigenvalue weighted by Crippen LogP contribution is 2.35. The van der Waals surface area contributed by atoms with Gasteiger partial charge in [-0.15, -0.1) is 22.7 Å². The number of furan rings is 1. The van der Waals surface area contributed by atoms with Crippen molar-refractivity contribution in [3.05, 3.63) is 46.5 Å². The van der Waals surface area contributed by atoms with Crippen molar-refractivity contribution in [3.63, 3.8) is 0 Å². The van der Waals surface area contributed by atoms with Crippen LogP contribution in [-0.4, -0.2) is 5.11 Å². The highest BCUT2D eigenvalue weighted by Gasteiger charge is 2.14. The number of hydrogen-bond donors (Lipinski definition) is 1. The lowest BCUT2D eigenvalue weighted by molar-refractivity contribution is 0.223. The zero-order valence-electron chi connectivity index (χ0n) is 7.71. The summed E-state index contributed by atoms with van der Waals surface area (Å²) in [4.78, 5) is 0.971. The minimum atomic E-state index is -0.562. The zero-order valence-corrected chi connectivity index (χ0v) is 9.35. The Morgan fingerprint density at radius 2 is 2.20 bits per heavy atom. The van der Waals surface area contributed by atoms with Crippen molar-refractivity contribution >= 4 is 32.1 Å². The number of thiophene rings is 2. The molecule has 0 aliphatic rings. The van der Waals surface area contributed by atoms with Crippen LogP contribution in [-0.2, 0) is 0 Å². The highest BCUT2D eigenvalue weighted by atomic mass is 32.1. The summed E-state index contributed by atoms with van der Waals surface area (Å²) in [5.41, 5.74) is 0.809. The molecule has 0 aliphatic heterocycles. The summed E-state index contributed by atoms with van der Waals surface area (Å²) < 4.78 is 7.43. The molecule has 0 bridgehead atoms. The van der Waals surface area contributed by atoms with Crippen LogP contribution in [0.25, 0.3) is 9.40 Å². The molecule has 0 fully saturated rings. The Morgan fingerprint density at radius 1 is 1.27 bits per heavy atom. The highest BCUT2D eigenvalue weighted by molar-refractivity contribution is 7.26. The van der Waals surface area contributed by atoms with Crippen molar-refractivity contribution in [3.8, 4) is 0 Å². The van der Waals surface area contributed by atoms with Gasteiger partial charge < -0.3 is 9.52 Å². The van der Waals surface area contributed by atoms with Gasteiger partial charge in [0, 0.05) is 19.8 Å². The maximum atomic E-state index is 10.1. The third kappa shape index (κ3) is 1.51. The predicted octanol–water partition coefficient (Wildman–Crippen LogP) is 3.64. The van der Waals surface area contributed by atoms with Gasteiger partial charge in [-0.25, -0.2) is 0 Å². The van der Waals surface area contributed by atoms with Gasteiger partial charge in [0.2, 0.25) is 0 Å². The van der Waals surface area contributed by atoms with Crippen LogP contribution in [0.2, 0.25) is 0 Å². The summed E-state index contributed by atoms with van der Waals surface area (Å²) >= 11 is 3.33. The van der Waals surface area contributed by atoms with E-state index in [1.807, 2.05) is 6.07 Å². The summed E-state index contributed by atoms with van der Waals surface area (Å²) in [6, 6.07) is 5.91. The standard InChI is InChI=1S/C11H8O2S2/c12-11(7-1-3-13-6-7)10-5-9-8(15-10)2-4-14-9/h1-6,11-12H. The maximum Gasteiger partial charge on any atom is 0.116 e. The fourth-order valence-corrected chi connectivity index (χ4v) is 3.65. The minimum Gasteiger partial charge on any atom is -0.472 e. The van der Waals surface area contributed by atoms with Gasteiger partial charge in [0.15, 0.2) is 0 Å². The Hall–Kier alpha value is -1.10. The fraction of sp³-hybridized carbons (Fsp3) is 0.0909. The van der Waals surface area contributed by atoms with E-state index in [0.29, 0.717) is 0 Å². The molecule has 2 nitrogen and oxygen atoms in total. The van der Waals surface area contributed by atoms with Crippen molar-refractivity contribution in [1.29, 1.82) is 0 Å². The molecule has 0 aliphatic carbocycles. The average molecular weight is 236 g/mol. The van der Waals surface area contributed by atoms with Crippen molar-refractivity contribution < 1.29 is 9.52 Å². The van der Waals surface area contributed by atoms with Gasteiger partial charge in [-0.3, -0.25) is 0 Å².